The minimum Gasteiger partial charge on any atom is -0.489 e. The number of carbonyl (C=O) groups excluding carboxylic acids is 2. The van der Waals surface area contributed by atoms with E-state index in [4.69, 9.17) is 14.2 Å². The van der Waals surface area contributed by atoms with E-state index in [0.717, 1.165) is 16.7 Å². The molecule has 0 bridgehead atoms. The Bertz CT molecular complexity index is 1040. The molecular formula is C26H28O5S. The predicted molar refractivity (Wildman–Crippen MR) is 126 cm³/mol. The number of ether oxygens (including phenoxy) is 3. The van der Waals surface area contributed by atoms with Gasteiger partial charge >= 0.3 is 5.97 Å². The van der Waals surface area contributed by atoms with E-state index in [1.165, 1.54) is 6.92 Å². The second-order valence-corrected chi connectivity index (χ2v) is 8.22. The van der Waals surface area contributed by atoms with Crippen molar-refractivity contribution in [3.05, 3.63) is 81.5 Å². The fourth-order valence-electron chi connectivity index (χ4n) is 3.38. The zero-order valence-corrected chi connectivity index (χ0v) is 19.4. The third-order valence-corrected chi connectivity index (χ3v) is 5.77. The second-order valence-electron chi connectivity index (χ2n) is 7.44. The molecule has 1 heterocycles. The second kappa shape index (κ2) is 11.5. The summed E-state index contributed by atoms with van der Waals surface area (Å²) in [4.78, 5) is 24.3. The number of carbonyl (C=O) groups is 2. The predicted octanol–water partition coefficient (Wildman–Crippen LogP) is 6.30. The standard InChI is InChI=1S/C26H28O5S/c1-4-29-26(28)12-11-24(22-8-6-5-7-18(22)2)31-25-15-21(9-10-23(25)19(3)27)30-16-20-13-14-32-17-20/h5-10,13-15,17,24H,4,11-12,16H2,1-3H3. The third-order valence-electron chi connectivity index (χ3n) is 5.04. The van der Waals surface area contributed by atoms with E-state index in [2.05, 4.69) is 0 Å². The van der Waals surface area contributed by atoms with Crippen molar-refractivity contribution >= 4 is 23.1 Å². The molecule has 3 rings (SSSR count). The van der Waals surface area contributed by atoms with E-state index in [1.807, 2.05) is 48.0 Å². The molecule has 2 aromatic carbocycles. The van der Waals surface area contributed by atoms with E-state index in [9.17, 15) is 9.59 Å². The van der Waals surface area contributed by atoms with Gasteiger partial charge < -0.3 is 14.2 Å². The lowest BCUT2D eigenvalue weighted by Gasteiger charge is -2.23. The average molecular weight is 453 g/mol. The lowest BCUT2D eigenvalue weighted by molar-refractivity contribution is -0.143. The summed E-state index contributed by atoms with van der Waals surface area (Å²) in [5, 5.41) is 4.04. The first kappa shape index (κ1) is 23.5. The highest BCUT2D eigenvalue weighted by Crippen LogP contribution is 2.33. The van der Waals surface area contributed by atoms with Crippen LogP contribution in [-0.2, 0) is 16.1 Å². The van der Waals surface area contributed by atoms with Gasteiger partial charge in [0.15, 0.2) is 5.78 Å². The van der Waals surface area contributed by atoms with Gasteiger partial charge in [0.05, 0.1) is 12.2 Å². The Balaban J connectivity index is 1.86. The van der Waals surface area contributed by atoms with Crippen molar-refractivity contribution in [2.24, 2.45) is 0 Å². The fraction of sp³-hybridized carbons (Fsp3) is 0.308. The number of hydrogen-bond donors (Lipinski definition) is 0. The summed E-state index contributed by atoms with van der Waals surface area (Å²) in [6.07, 6.45) is 0.239. The Hall–Kier alpha value is -3.12. The SMILES string of the molecule is CCOC(=O)CCC(Oc1cc(OCc2ccsc2)ccc1C(C)=O)c1ccccc1C. The first-order valence-corrected chi connectivity index (χ1v) is 11.6. The van der Waals surface area contributed by atoms with Gasteiger partial charge in [0.25, 0.3) is 0 Å². The van der Waals surface area contributed by atoms with Crippen molar-refractivity contribution in [3.63, 3.8) is 0 Å². The van der Waals surface area contributed by atoms with Crippen LogP contribution in [0.4, 0.5) is 0 Å². The summed E-state index contributed by atoms with van der Waals surface area (Å²) in [7, 11) is 0. The Morgan fingerprint density at radius 3 is 2.59 bits per heavy atom. The van der Waals surface area contributed by atoms with Crippen LogP contribution in [0, 0.1) is 6.92 Å². The number of thiophene rings is 1. The van der Waals surface area contributed by atoms with E-state index >= 15 is 0 Å². The fourth-order valence-corrected chi connectivity index (χ4v) is 4.04. The van der Waals surface area contributed by atoms with Gasteiger partial charge in [-0.3, -0.25) is 9.59 Å². The van der Waals surface area contributed by atoms with Gasteiger partial charge in [-0.05, 0) is 72.8 Å². The summed E-state index contributed by atoms with van der Waals surface area (Å²) >= 11 is 1.62. The highest BCUT2D eigenvalue weighted by Gasteiger charge is 2.21. The van der Waals surface area contributed by atoms with Crippen molar-refractivity contribution in [1.82, 2.24) is 0 Å². The maximum Gasteiger partial charge on any atom is 0.305 e. The van der Waals surface area contributed by atoms with Gasteiger partial charge in [0.2, 0.25) is 0 Å². The maximum atomic E-state index is 12.3. The molecule has 3 aromatic rings. The van der Waals surface area contributed by atoms with E-state index in [1.54, 1.807) is 36.5 Å². The smallest absolute Gasteiger partial charge is 0.305 e. The monoisotopic (exact) mass is 452 g/mol. The number of hydrogen-bond acceptors (Lipinski definition) is 6. The molecule has 32 heavy (non-hydrogen) atoms. The molecule has 0 spiro atoms. The van der Waals surface area contributed by atoms with Crippen LogP contribution in [0.2, 0.25) is 0 Å². The molecular weight excluding hydrogens is 424 g/mol. The van der Waals surface area contributed by atoms with Crippen LogP contribution in [-0.4, -0.2) is 18.4 Å². The Morgan fingerprint density at radius 2 is 1.91 bits per heavy atom. The minimum atomic E-state index is -0.411. The summed E-state index contributed by atoms with van der Waals surface area (Å²) in [6.45, 7) is 6.07. The van der Waals surface area contributed by atoms with Crippen LogP contribution in [0.3, 0.4) is 0 Å². The van der Waals surface area contributed by atoms with Gasteiger partial charge in [0, 0.05) is 12.5 Å². The van der Waals surface area contributed by atoms with Gasteiger partial charge in [-0.25, -0.2) is 0 Å². The van der Waals surface area contributed by atoms with Crippen LogP contribution in [0.15, 0.2) is 59.3 Å². The highest BCUT2D eigenvalue weighted by molar-refractivity contribution is 7.07. The lowest BCUT2D eigenvalue weighted by Crippen LogP contribution is -2.14. The number of aryl methyl sites for hydroxylation is 1. The molecule has 0 radical (unpaired) electrons. The Morgan fingerprint density at radius 1 is 1.09 bits per heavy atom. The zero-order chi connectivity index (χ0) is 22.9. The van der Waals surface area contributed by atoms with Crippen molar-refractivity contribution in [2.45, 2.75) is 46.3 Å². The van der Waals surface area contributed by atoms with Gasteiger partial charge in [-0.15, -0.1) is 0 Å². The van der Waals surface area contributed by atoms with Gasteiger partial charge in [-0.2, -0.15) is 11.3 Å². The van der Waals surface area contributed by atoms with Crippen LogP contribution in [0.5, 0.6) is 11.5 Å². The third kappa shape index (κ3) is 6.44. The molecule has 1 unspecified atom stereocenters. The topological polar surface area (TPSA) is 61.8 Å². The van der Waals surface area contributed by atoms with E-state index in [-0.39, 0.29) is 18.2 Å². The molecule has 0 aliphatic heterocycles. The normalized spacial score (nSPS) is 11.6. The summed E-state index contributed by atoms with van der Waals surface area (Å²) in [6, 6.07) is 15.1. The van der Waals surface area contributed by atoms with Crippen molar-refractivity contribution in [1.29, 1.82) is 0 Å². The first-order valence-electron chi connectivity index (χ1n) is 10.6. The molecule has 0 fully saturated rings. The van der Waals surface area contributed by atoms with Crippen LogP contribution < -0.4 is 9.47 Å². The number of esters is 1. The molecule has 5 nitrogen and oxygen atoms in total. The zero-order valence-electron chi connectivity index (χ0n) is 18.6. The first-order chi connectivity index (χ1) is 15.5. The molecule has 0 amide bonds. The summed E-state index contributed by atoms with van der Waals surface area (Å²) in [5.41, 5.74) is 3.58. The number of ketones is 1. The summed E-state index contributed by atoms with van der Waals surface area (Å²) in [5.74, 6) is 0.690. The van der Waals surface area contributed by atoms with Crippen LogP contribution in [0.25, 0.3) is 0 Å². The van der Waals surface area contributed by atoms with Gasteiger partial charge in [0.1, 0.15) is 24.2 Å². The Kier molecular flexibility index (Phi) is 8.45. The largest absolute Gasteiger partial charge is 0.489 e. The molecule has 0 N–H and O–H groups in total. The molecule has 0 aliphatic carbocycles. The van der Waals surface area contributed by atoms with E-state index < -0.39 is 6.10 Å². The van der Waals surface area contributed by atoms with Crippen molar-refractivity contribution in [2.75, 3.05) is 6.61 Å². The summed E-state index contributed by atoms with van der Waals surface area (Å²) < 4.78 is 17.4. The number of rotatable bonds is 11. The van der Waals surface area contributed by atoms with Crippen molar-refractivity contribution < 1.29 is 23.8 Å². The number of Topliss-reactive ketones (excluding diaryl/α,β-unsaturated/α-hetero) is 1. The minimum absolute atomic E-state index is 0.0988. The van der Waals surface area contributed by atoms with E-state index in [0.29, 0.717) is 36.7 Å². The van der Waals surface area contributed by atoms with Crippen molar-refractivity contribution in [3.8, 4) is 11.5 Å². The lowest BCUT2D eigenvalue weighted by atomic mass is 9.99. The molecule has 6 heteroatoms. The van der Waals surface area contributed by atoms with Gasteiger partial charge in [-0.1, -0.05) is 24.3 Å². The average Bonchev–Trinajstić information content (AvgIpc) is 3.29. The molecule has 0 aliphatic rings. The molecule has 0 saturated carbocycles. The molecule has 1 atom stereocenters. The Labute approximate surface area is 192 Å². The maximum absolute atomic E-state index is 12.3. The molecule has 1 aromatic heterocycles. The molecule has 0 saturated heterocycles. The van der Waals surface area contributed by atoms with Crippen LogP contribution in [0.1, 0.15) is 59.8 Å². The van der Waals surface area contributed by atoms with Crippen LogP contribution >= 0.6 is 11.3 Å². The highest BCUT2D eigenvalue weighted by atomic mass is 32.1. The number of benzene rings is 2. The molecule has 168 valence electrons. The quantitative estimate of drug-likeness (QED) is 0.252.